The second-order valence-electron chi connectivity index (χ2n) is 6.63. The van der Waals surface area contributed by atoms with Crippen molar-refractivity contribution < 1.29 is 22.9 Å². The van der Waals surface area contributed by atoms with Crippen LogP contribution >= 0.6 is 0 Å². The Balaban J connectivity index is 1.66. The van der Waals surface area contributed by atoms with Crippen LogP contribution < -0.4 is 14.9 Å². The number of carbonyl (C=O) groups excluding carboxylic acids is 1. The van der Waals surface area contributed by atoms with E-state index in [0.29, 0.717) is 11.4 Å². The van der Waals surface area contributed by atoms with Gasteiger partial charge in [0.1, 0.15) is 6.04 Å². The van der Waals surface area contributed by atoms with E-state index in [4.69, 9.17) is 4.42 Å². The Kier molecular flexibility index (Phi) is 6.36. The lowest BCUT2D eigenvalue weighted by atomic mass is 10.2. The monoisotopic (exact) mass is 414 g/mol. The number of para-hydroxylation sites is 1. The molecule has 1 amide bonds. The summed E-state index contributed by atoms with van der Waals surface area (Å²) in [5.74, 6) is 0.559. The van der Waals surface area contributed by atoms with Gasteiger partial charge in [0.15, 0.2) is 12.3 Å². The lowest BCUT2D eigenvalue weighted by Gasteiger charge is -2.19. The average Bonchev–Trinajstić information content (AvgIpc) is 3.27. The molecule has 3 aromatic rings. The number of hydrogen-bond donors (Lipinski definition) is 2. The number of nitrogens with one attached hydrogen (secondary N) is 1. The fourth-order valence-corrected chi connectivity index (χ4v) is 4.07. The van der Waals surface area contributed by atoms with Crippen LogP contribution in [-0.4, -0.2) is 27.9 Å². The quantitative estimate of drug-likeness (QED) is 0.591. The van der Waals surface area contributed by atoms with Crippen LogP contribution in [0.4, 0.5) is 11.4 Å². The lowest BCUT2D eigenvalue weighted by molar-refractivity contribution is -0.684. The van der Waals surface area contributed by atoms with Gasteiger partial charge in [0, 0.05) is 12.7 Å². The number of nitrogens with two attached hydrogens (primary N) is 1. The van der Waals surface area contributed by atoms with Crippen molar-refractivity contribution in [1.29, 1.82) is 0 Å². The van der Waals surface area contributed by atoms with E-state index in [-0.39, 0.29) is 23.4 Å². The smallest absolute Gasteiger partial charge is 0.279 e. The molecule has 3 N–H and O–H groups in total. The highest BCUT2D eigenvalue weighted by Gasteiger charge is 2.22. The Hall–Kier alpha value is -3.10. The zero-order valence-electron chi connectivity index (χ0n) is 16.3. The Morgan fingerprint density at radius 2 is 1.86 bits per heavy atom. The molecule has 0 bridgehead atoms. The van der Waals surface area contributed by atoms with Gasteiger partial charge in [-0.25, -0.2) is 8.42 Å². The molecular formula is C21H24N3O4S+. The first kappa shape index (κ1) is 20.6. The van der Waals surface area contributed by atoms with E-state index in [9.17, 15) is 13.2 Å². The number of amides is 1. The van der Waals surface area contributed by atoms with Crippen molar-refractivity contribution in [3.8, 4) is 0 Å². The molecule has 2 aromatic carbocycles. The van der Waals surface area contributed by atoms with E-state index in [1.807, 2.05) is 24.4 Å². The summed E-state index contributed by atoms with van der Waals surface area (Å²) in [5, 5.41) is 4.60. The zero-order chi connectivity index (χ0) is 20.9. The average molecular weight is 415 g/mol. The van der Waals surface area contributed by atoms with E-state index < -0.39 is 10.0 Å². The molecule has 0 fully saturated rings. The van der Waals surface area contributed by atoms with E-state index >= 15 is 0 Å². The van der Waals surface area contributed by atoms with E-state index in [1.165, 1.54) is 23.5 Å². The summed E-state index contributed by atoms with van der Waals surface area (Å²) in [6.07, 6.45) is 1.60. The van der Waals surface area contributed by atoms with Crippen LogP contribution in [0.15, 0.2) is 82.3 Å². The first-order valence-corrected chi connectivity index (χ1v) is 10.6. The summed E-state index contributed by atoms with van der Waals surface area (Å²) < 4.78 is 32.4. The lowest BCUT2D eigenvalue weighted by Crippen LogP contribution is -2.86. The molecule has 0 aliphatic carbocycles. The summed E-state index contributed by atoms with van der Waals surface area (Å²) in [7, 11) is -2.24. The Bertz CT molecular complexity index is 1050. The van der Waals surface area contributed by atoms with Crippen LogP contribution in [-0.2, 0) is 14.8 Å². The Morgan fingerprint density at radius 1 is 1.10 bits per heavy atom. The molecule has 152 valence electrons. The maximum atomic E-state index is 12.9. The number of furan rings is 1. The van der Waals surface area contributed by atoms with E-state index in [0.717, 1.165) is 5.76 Å². The first-order chi connectivity index (χ1) is 13.9. The number of nitrogens with zero attached hydrogens (tertiary/aromatic N) is 1. The SMILES string of the molecule is C[C@H]([NH2+]CC(=O)Nc1cccc(S(=O)(=O)N(C)c2ccccc2)c1)c1ccco1. The van der Waals surface area contributed by atoms with Crippen molar-refractivity contribution >= 4 is 27.3 Å². The highest BCUT2D eigenvalue weighted by Crippen LogP contribution is 2.23. The summed E-state index contributed by atoms with van der Waals surface area (Å²) >= 11 is 0. The second kappa shape index (κ2) is 8.93. The molecule has 0 spiro atoms. The van der Waals surface area contributed by atoms with Crippen molar-refractivity contribution in [2.24, 2.45) is 0 Å². The van der Waals surface area contributed by atoms with E-state index in [2.05, 4.69) is 5.32 Å². The van der Waals surface area contributed by atoms with Gasteiger partial charge in [0.05, 0.1) is 16.8 Å². The van der Waals surface area contributed by atoms with E-state index in [1.54, 1.807) is 48.7 Å². The van der Waals surface area contributed by atoms with Crippen molar-refractivity contribution in [3.63, 3.8) is 0 Å². The number of benzene rings is 2. The molecule has 1 heterocycles. The van der Waals surface area contributed by atoms with Crippen LogP contribution in [0.25, 0.3) is 0 Å². The molecule has 0 saturated heterocycles. The van der Waals surface area contributed by atoms with Crippen molar-refractivity contribution in [2.45, 2.75) is 17.9 Å². The summed E-state index contributed by atoms with van der Waals surface area (Å²) in [6, 6.07) is 18.7. The predicted octanol–water partition coefficient (Wildman–Crippen LogP) is 2.37. The molecule has 0 unspecified atom stereocenters. The Labute approximate surface area is 170 Å². The molecule has 0 saturated carbocycles. The molecule has 3 rings (SSSR count). The van der Waals surface area contributed by atoms with Crippen LogP contribution in [0.5, 0.6) is 0 Å². The molecule has 29 heavy (non-hydrogen) atoms. The molecule has 1 atom stereocenters. The van der Waals surface area contributed by atoms with Gasteiger partial charge in [-0.05, 0) is 49.4 Å². The second-order valence-corrected chi connectivity index (χ2v) is 8.60. The number of anilines is 2. The molecule has 1 aromatic heterocycles. The minimum Gasteiger partial charge on any atom is -0.463 e. The first-order valence-electron chi connectivity index (χ1n) is 9.18. The van der Waals surface area contributed by atoms with Gasteiger partial charge >= 0.3 is 0 Å². The van der Waals surface area contributed by atoms with Gasteiger partial charge in [-0.1, -0.05) is 24.3 Å². The Morgan fingerprint density at radius 3 is 2.55 bits per heavy atom. The highest BCUT2D eigenvalue weighted by atomic mass is 32.2. The summed E-state index contributed by atoms with van der Waals surface area (Å²) in [5.41, 5.74) is 0.986. The van der Waals surface area contributed by atoms with Gasteiger partial charge in [-0.2, -0.15) is 0 Å². The molecule has 8 heteroatoms. The minimum atomic E-state index is -3.74. The third-order valence-corrected chi connectivity index (χ3v) is 6.33. The zero-order valence-corrected chi connectivity index (χ0v) is 17.1. The topological polar surface area (TPSA) is 96.2 Å². The number of carbonyl (C=O) groups is 1. The fraction of sp³-hybridized carbons (Fsp3) is 0.190. The van der Waals surface area contributed by atoms with Crippen LogP contribution in [0.3, 0.4) is 0 Å². The molecule has 0 aliphatic rings. The number of hydrogen-bond acceptors (Lipinski definition) is 4. The maximum Gasteiger partial charge on any atom is 0.279 e. The van der Waals surface area contributed by atoms with Gasteiger partial charge < -0.3 is 15.1 Å². The minimum absolute atomic E-state index is 0.00184. The largest absolute Gasteiger partial charge is 0.463 e. The summed E-state index contributed by atoms with van der Waals surface area (Å²) in [4.78, 5) is 12.4. The van der Waals surface area contributed by atoms with Gasteiger partial charge in [0.2, 0.25) is 0 Å². The van der Waals surface area contributed by atoms with Crippen LogP contribution in [0, 0.1) is 0 Å². The standard InChI is InChI=1S/C21H23N3O4S/c1-16(20-12-7-13-28-20)22-15-21(25)23-17-8-6-11-19(14-17)29(26,27)24(2)18-9-4-3-5-10-18/h3-14,16,22H,15H2,1-2H3,(H,23,25)/p+1/t16-/m0/s1. The van der Waals surface area contributed by atoms with Gasteiger partial charge in [0.25, 0.3) is 15.9 Å². The molecule has 7 nitrogen and oxygen atoms in total. The predicted molar refractivity (Wildman–Crippen MR) is 111 cm³/mol. The maximum absolute atomic E-state index is 12.9. The van der Waals surface area contributed by atoms with Crippen molar-refractivity contribution in [1.82, 2.24) is 0 Å². The molecule has 0 aliphatic heterocycles. The van der Waals surface area contributed by atoms with Crippen molar-refractivity contribution in [3.05, 3.63) is 78.8 Å². The van der Waals surface area contributed by atoms with Crippen LogP contribution in [0.1, 0.15) is 18.7 Å². The van der Waals surface area contributed by atoms with Crippen LogP contribution in [0.2, 0.25) is 0 Å². The summed E-state index contributed by atoms with van der Waals surface area (Å²) in [6.45, 7) is 2.13. The highest BCUT2D eigenvalue weighted by molar-refractivity contribution is 7.92. The third kappa shape index (κ3) is 5.04. The third-order valence-electron chi connectivity index (χ3n) is 4.54. The number of rotatable bonds is 8. The molecule has 0 radical (unpaired) electrons. The van der Waals surface area contributed by atoms with Crippen molar-refractivity contribution in [2.75, 3.05) is 23.2 Å². The normalized spacial score (nSPS) is 12.3. The number of sulfonamides is 1. The number of quaternary nitrogens is 1. The fourth-order valence-electron chi connectivity index (χ4n) is 2.83. The van der Waals surface area contributed by atoms with Gasteiger partial charge in [-0.3, -0.25) is 9.10 Å². The molecular weight excluding hydrogens is 390 g/mol. The van der Waals surface area contributed by atoms with Gasteiger partial charge in [-0.15, -0.1) is 0 Å².